The minimum absolute atomic E-state index is 0.000628. The zero-order valence-corrected chi connectivity index (χ0v) is 11.1. The van der Waals surface area contributed by atoms with Crippen molar-refractivity contribution in [3.05, 3.63) is 29.3 Å². The van der Waals surface area contributed by atoms with Crippen LogP contribution in [0.15, 0.2) is 29.2 Å². The largest absolute Gasteiger partial charge is 0.305 e. The molecule has 1 aromatic carbocycles. The van der Waals surface area contributed by atoms with Gasteiger partial charge in [-0.05, 0) is 44.3 Å². The molecule has 1 atom stereocenters. The molecule has 0 spiro atoms. The lowest BCUT2D eigenvalue weighted by Gasteiger charge is -2.13. The number of nitrogens with zero attached hydrogens (tertiary/aromatic N) is 1. The normalized spacial score (nSPS) is 21.9. The molecule has 0 saturated carbocycles. The van der Waals surface area contributed by atoms with Gasteiger partial charge >= 0.3 is 0 Å². The zero-order valence-electron chi connectivity index (χ0n) is 9.56. The van der Waals surface area contributed by atoms with E-state index < -0.39 is 10.0 Å². The number of halogens is 1. The molecular formula is C11H15ClN2O2S. The molecule has 0 unspecified atom stereocenters. The summed E-state index contributed by atoms with van der Waals surface area (Å²) in [5, 5.41) is 0.532. The van der Waals surface area contributed by atoms with Gasteiger partial charge in [0.1, 0.15) is 0 Å². The Morgan fingerprint density at radius 1 is 1.35 bits per heavy atom. The maximum Gasteiger partial charge on any atom is 0.240 e. The first-order chi connectivity index (χ1) is 7.97. The van der Waals surface area contributed by atoms with Gasteiger partial charge in [0.2, 0.25) is 10.0 Å². The fourth-order valence-electron chi connectivity index (χ4n) is 1.93. The van der Waals surface area contributed by atoms with E-state index in [0.29, 0.717) is 5.02 Å². The van der Waals surface area contributed by atoms with Crippen LogP contribution in [-0.4, -0.2) is 39.5 Å². The Labute approximate surface area is 107 Å². The first kappa shape index (κ1) is 12.8. The maximum atomic E-state index is 12.0. The van der Waals surface area contributed by atoms with Gasteiger partial charge in [-0.15, -0.1) is 0 Å². The van der Waals surface area contributed by atoms with Crippen molar-refractivity contribution in [2.24, 2.45) is 0 Å². The lowest BCUT2D eigenvalue weighted by molar-refractivity contribution is 0.407. The number of rotatable bonds is 3. The molecule has 2 rings (SSSR count). The number of likely N-dealkylation sites (N-methyl/N-ethyl adjacent to an activating group) is 1. The average Bonchev–Trinajstić information content (AvgIpc) is 2.63. The molecule has 1 heterocycles. The molecule has 1 N–H and O–H groups in total. The van der Waals surface area contributed by atoms with E-state index in [4.69, 9.17) is 11.6 Å². The van der Waals surface area contributed by atoms with E-state index >= 15 is 0 Å². The van der Waals surface area contributed by atoms with Crippen molar-refractivity contribution in [2.75, 3.05) is 20.1 Å². The summed E-state index contributed by atoms with van der Waals surface area (Å²) in [6.45, 7) is 1.68. The van der Waals surface area contributed by atoms with Crippen molar-refractivity contribution >= 4 is 21.6 Å². The molecule has 0 aliphatic carbocycles. The summed E-state index contributed by atoms with van der Waals surface area (Å²) in [4.78, 5) is 2.37. The molecule has 17 heavy (non-hydrogen) atoms. The Kier molecular flexibility index (Phi) is 3.73. The topological polar surface area (TPSA) is 49.4 Å². The van der Waals surface area contributed by atoms with Crippen LogP contribution in [0.5, 0.6) is 0 Å². The Balaban J connectivity index is 2.11. The Morgan fingerprint density at radius 2 is 2.00 bits per heavy atom. The first-order valence-corrected chi connectivity index (χ1v) is 7.30. The van der Waals surface area contributed by atoms with Crippen LogP contribution in [0, 0.1) is 0 Å². The van der Waals surface area contributed by atoms with Crippen LogP contribution >= 0.6 is 11.6 Å². The Morgan fingerprint density at radius 3 is 2.53 bits per heavy atom. The predicted molar refractivity (Wildman–Crippen MR) is 67.7 cm³/mol. The third kappa shape index (κ3) is 3.19. The molecule has 94 valence electrons. The second kappa shape index (κ2) is 4.94. The van der Waals surface area contributed by atoms with E-state index in [-0.39, 0.29) is 10.9 Å². The third-order valence-electron chi connectivity index (χ3n) is 2.84. The summed E-state index contributed by atoms with van der Waals surface area (Å²) in [6.07, 6.45) is 0.851. The van der Waals surface area contributed by atoms with E-state index in [1.807, 2.05) is 7.05 Å². The summed E-state index contributed by atoms with van der Waals surface area (Å²) in [7, 11) is -1.44. The van der Waals surface area contributed by atoms with Crippen molar-refractivity contribution in [3.63, 3.8) is 0 Å². The lowest BCUT2D eigenvalue weighted by Crippen LogP contribution is -2.36. The first-order valence-electron chi connectivity index (χ1n) is 5.44. The molecule has 1 aromatic rings. The van der Waals surface area contributed by atoms with Crippen LogP contribution in [0.25, 0.3) is 0 Å². The average molecular weight is 275 g/mol. The highest BCUT2D eigenvalue weighted by molar-refractivity contribution is 7.89. The van der Waals surface area contributed by atoms with Crippen molar-refractivity contribution in [2.45, 2.75) is 17.4 Å². The Hall–Kier alpha value is -0.620. The van der Waals surface area contributed by atoms with E-state index in [1.54, 1.807) is 12.1 Å². The minimum atomic E-state index is -3.42. The zero-order chi connectivity index (χ0) is 12.5. The molecule has 6 heteroatoms. The second-order valence-electron chi connectivity index (χ2n) is 4.32. The van der Waals surface area contributed by atoms with Crippen LogP contribution in [-0.2, 0) is 10.0 Å². The number of hydrogen-bond donors (Lipinski definition) is 1. The smallest absolute Gasteiger partial charge is 0.240 e. The fraction of sp³-hybridized carbons (Fsp3) is 0.455. The highest BCUT2D eigenvalue weighted by Gasteiger charge is 2.25. The summed E-state index contributed by atoms with van der Waals surface area (Å²) >= 11 is 5.73. The molecule has 1 fully saturated rings. The summed E-state index contributed by atoms with van der Waals surface area (Å²) in [6, 6.07) is 6.20. The van der Waals surface area contributed by atoms with Crippen LogP contribution in [0.1, 0.15) is 6.42 Å². The van der Waals surface area contributed by atoms with E-state index in [2.05, 4.69) is 9.62 Å². The van der Waals surface area contributed by atoms with Crippen LogP contribution in [0.4, 0.5) is 0 Å². The van der Waals surface area contributed by atoms with Gasteiger partial charge in [-0.1, -0.05) is 11.6 Å². The van der Waals surface area contributed by atoms with Crippen LogP contribution < -0.4 is 4.72 Å². The molecule has 0 bridgehead atoms. The van der Waals surface area contributed by atoms with E-state index in [1.165, 1.54) is 12.1 Å². The highest BCUT2D eigenvalue weighted by Crippen LogP contribution is 2.16. The summed E-state index contributed by atoms with van der Waals surface area (Å²) in [5.41, 5.74) is 0. The number of likely N-dealkylation sites (tertiary alicyclic amines) is 1. The van der Waals surface area contributed by atoms with Gasteiger partial charge in [-0.2, -0.15) is 0 Å². The molecule has 1 saturated heterocycles. The summed E-state index contributed by atoms with van der Waals surface area (Å²) in [5.74, 6) is 0. The van der Waals surface area contributed by atoms with Gasteiger partial charge < -0.3 is 4.90 Å². The SMILES string of the molecule is CN1CC[C@H](NS(=O)(=O)c2ccc(Cl)cc2)C1. The lowest BCUT2D eigenvalue weighted by atomic mass is 10.3. The van der Waals surface area contributed by atoms with Crippen molar-refractivity contribution in [1.29, 1.82) is 0 Å². The quantitative estimate of drug-likeness (QED) is 0.905. The van der Waals surface area contributed by atoms with Gasteiger partial charge in [-0.3, -0.25) is 0 Å². The molecular weight excluding hydrogens is 260 g/mol. The molecule has 1 aliphatic heterocycles. The number of sulfonamides is 1. The summed E-state index contributed by atoms with van der Waals surface area (Å²) < 4.78 is 26.8. The van der Waals surface area contributed by atoms with Crippen molar-refractivity contribution < 1.29 is 8.42 Å². The minimum Gasteiger partial charge on any atom is -0.305 e. The Bertz CT molecular complexity index is 487. The molecule has 0 radical (unpaired) electrons. The van der Waals surface area contributed by atoms with Gasteiger partial charge in [0.25, 0.3) is 0 Å². The van der Waals surface area contributed by atoms with Gasteiger partial charge in [-0.25, -0.2) is 13.1 Å². The molecule has 0 amide bonds. The van der Waals surface area contributed by atoms with Gasteiger partial charge in [0.05, 0.1) is 4.90 Å². The molecule has 1 aliphatic rings. The molecule has 0 aromatic heterocycles. The van der Waals surface area contributed by atoms with Gasteiger partial charge in [0.15, 0.2) is 0 Å². The van der Waals surface area contributed by atoms with Crippen LogP contribution in [0.3, 0.4) is 0 Å². The predicted octanol–water partition coefficient (Wildman–Crippen LogP) is 1.32. The molecule has 4 nitrogen and oxygen atoms in total. The number of hydrogen-bond acceptors (Lipinski definition) is 3. The third-order valence-corrected chi connectivity index (χ3v) is 4.63. The van der Waals surface area contributed by atoms with Crippen molar-refractivity contribution in [3.8, 4) is 0 Å². The maximum absolute atomic E-state index is 12.0. The second-order valence-corrected chi connectivity index (χ2v) is 6.47. The fourth-order valence-corrected chi connectivity index (χ4v) is 3.32. The van der Waals surface area contributed by atoms with E-state index in [0.717, 1.165) is 19.5 Å². The van der Waals surface area contributed by atoms with Crippen molar-refractivity contribution in [1.82, 2.24) is 9.62 Å². The van der Waals surface area contributed by atoms with Gasteiger partial charge in [0, 0.05) is 17.6 Å². The van der Waals surface area contributed by atoms with Crippen LogP contribution in [0.2, 0.25) is 5.02 Å². The standard InChI is InChI=1S/C11H15ClN2O2S/c1-14-7-6-10(8-14)13-17(15,16)11-4-2-9(12)3-5-11/h2-5,10,13H,6-8H2,1H3/t10-/m0/s1. The van der Waals surface area contributed by atoms with E-state index in [9.17, 15) is 8.42 Å². The highest BCUT2D eigenvalue weighted by atomic mass is 35.5. The monoisotopic (exact) mass is 274 g/mol. The number of nitrogens with one attached hydrogen (secondary N) is 1. The number of benzene rings is 1.